The fourth-order valence-electron chi connectivity index (χ4n) is 2.40. The van der Waals surface area contributed by atoms with Gasteiger partial charge < -0.3 is 4.74 Å². The number of rotatable bonds is 6. The fraction of sp³-hybridized carbons (Fsp3) is 0.714. The van der Waals surface area contributed by atoms with Gasteiger partial charge in [-0.1, -0.05) is 25.2 Å². The molecule has 0 N–H and O–H groups in total. The second-order valence-corrected chi connectivity index (χ2v) is 6.89. The average Bonchev–Trinajstić information content (AvgIpc) is 3.06. The zero-order valence-electron chi connectivity index (χ0n) is 12.6. The van der Waals surface area contributed by atoms with E-state index < -0.39 is 0 Å². The number of carbonyl (C=O) groups is 1. The lowest BCUT2D eigenvalue weighted by Crippen LogP contribution is -2.18. The smallest absolute Gasteiger partial charge is 0.315 e. The molecule has 1 saturated carbocycles. The van der Waals surface area contributed by atoms with Gasteiger partial charge in [0.15, 0.2) is 5.82 Å². The Labute approximate surface area is 127 Å². The van der Waals surface area contributed by atoms with Crippen LogP contribution in [-0.4, -0.2) is 32.4 Å². The van der Waals surface area contributed by atoms with Gasteiger partial charge in [-0.05, 0) is 32.1 Å². The van der Waals surface area contributed by atoms with E-state index >= 15 is 0 Å². The molecule has 0 aliphatic heterocycles. The molecule has 3 rings (SSSR count). The molecule has 2 aromatic heterocycles. The summed E-state index contributed by atoms with van der Waals surface area (Å²) < 4.78 is 7.01. The Kier molecular flexibility index (Phi) is 3.93. The predicted molar refractivity (Wildman–Crippen MR) is 79.5 cm³/mol. The molecular formula is C14H20N4O2S. The van der Waals surface area contributed by atoms with E-state index in [1.807, 2.05) is 11.4 Å². The van der Waals surface area contributed by atoms with Crippen LogP contribution in [-0.2, 0) is 9.53 Å². The van der Waals surface area contributed by atoms with Crippen LogP contribution in [0.5, 0.6) is 0 Å². The number of esters is 1. The Hall–Kier alpha value is -1.50. The quantitative estimate of drug-likeness (QED) is 0.767. The van der Waals surface area contributed by atoms with Gasteiger partial charge in [-0.3, -0.25) is 4.79 Å². The van der Waals surface area contributed by atoms with Gasteiger partial charge in [0.2, 0.25) is 4.96 Å². The number of hydrogen-bond acceptors (Lipinski definition) is 6. The highest BCUT2D eigenvalue weighted by molar-refractivity contribution is 7.16. The molecule has 2 aromatic rings. The Morgan fingerprint density at radius 2 is 2.19 bits per heavy atom. The van der Waals surface area contributed by atoms with Crippen molar-refractivity contribution in [2.24, 2.45) is 5.92 Å². The molecule has 0 saturated heterocycles. The summed E-state index contributed by atoms with van der Waals surface area (Å²) in [5.74, 6) is 1.32. The number of fused-ring (bicyclic) bond motifs is 1. The second-order valence-electron chi connectivity index (χ2n) is 5.90. The number of nitrogens with zero attached hydrogens (tertiary/aromatic N) is 4. The minimum absolute atomic E-state index is 0.191. The van der Waals surface area contributed by atoms with Gasteiger partial charge in [-0.2, -0.15) is 9.61 Å². The first-order valence-corrected chi connectivity index (χ1v) is 8.30. The van der Waals surface area contributed by atoms with Gasteiger partial charge in [-0.25, -0.2) is 0 Å². The van der Waals surface area contributed by atoms with E-state index in [1.54, 1.807) is 0 Å². The summed E-state index contributed by atoms with van der Waals surface area (Å²) in [6, 6.07) is 0. The summed E-state index contributed by atoms with van der Waals surface area (Å²) in [6.07, 6.45) is 3.05. The highest BCUT2D eigenvalue weighted by atomic mass is 32.1. The highest BCUT2D eigenvalue weighted by Gasteiger charge is 2.32. The van der Waals surface area contributed by atoms with Crippen LogP contribution in [0.3, 0.4) is 0 Å². The maximum Gasteiger partial charge on any atom is 0.315 e. The summed E-state index contributed by atoms with van der Waals surface area (Å²) in [5.41, 5.74) is 0. The van der Waals surface area contributed by atoms with E-state index in [2.05, 4.69) is 29.1 Å². The van der Waals surface area contributed by atoms with E-state index in [0.29, 0.717) is 18.4 Å². The summed E-state index contributed by atoms with van der Waals surface area (Å²) in [7, 11) is 0. The van der Waals surface area contributed by atoms with Crippen LogP contribution in [0.1, 0.15) is 62.7 Å². The molecule has 114 valence electrons. The van der Waals surface area contributed by atoms with Crippen molar-refractivity contribution in [1.29, 1.82) is 0 Å². The van der Waals surface area contributed by atoms with Crippen LogP contribution >= 0.6 is 11.3 Å². The third kappa shape index (κ3) is 2.92. The average molecular weight is 308 g/mol. The molecule has 1 aliphatic carbocycles. The number of hydrogen-bond donors (Lipinski definition) is 0. The first kappa shape index (κ1) is 14.4. The Bertz CT molecular complexity index is 644. The van der Waals surface area contributed by atoms with Crippen LogP contribution < -0.4 is 0 Å². The molecule has 2 heterocycles. The molecular weight excluding hydrogens is 288 g/mol. The molecule has 1 atom stereocenters. The first-order valence-electron chi connectivity index (χ1n) is 7.48. The summed E-state index contributed by atoms with van der Waals surface area (Å²) in [4.78, 5) is 13.0. The summed E-state index contributed by atoms with van der Waals surface area (Å²) in [6.45, 7) is 6.42. The monoisotopic (exact) mass is 308 g/mol. The summed E-state index contributed by atoms with van der Waals surface area (Å²) >= 11 is 1.44. The van der Waals surface area contributed by atoms with Crippen LogP contribution in [0.25, 0.3) is 4.96 Å². The second kappa shape index (κ2) is 5.71. The lowest BCUT2D eigenvalue weighted by Gasteiger charge is -2.14. The van der Waals surface area contributed by atoms with E-state index in [9.17, 15) is 4.79 Å². The number of carbonyl (C=O) groups excluding carboxylic acids is 1. The van der Waals surface area contributed by atoms with E-state index in [1.165, 1.54) is 11.3 Å². The fourth-order valence-corrected chi connectivity index (χ4v) is 3.34. The molecule has 0 amide bonds. The zero-order chi connectivity index (χ0) is 15.0. The third-order valence-corrected chi connectivity index (χ3v) is 4.56. The largest absolute Gasteiger partial charge is 0.465 e. The number of ether oxygens (including phenoxy) is 1. The zero-order valence-corrected chi connectivity index (χ0v) is 13.4. The van der Waals surface area contributed by atoms with Crippen molar-refractivity contribution in [3.63, 3.8) is 0 Å². The minimum atomic E-state index is -0.302. The Balaban J connectivity index is 1.92. The van der Waals surface area contributed by atoms with E-state index in [0.717, 1.165) is 35.1 Å². The lowest BCUT2D eigenvalue weighted by atomic mass is 9.98. The van der Waals surface area contributed by atoms with Crippen molar-refractivity contribution in [2.45, 2.75) is 51.9 Å². The first-order chi connectivity index (χ1) is 10.1. The molecule has 1 fully saturated rings. The molecule has 0 aromatic carbocycles. The van der Waals surface area contributed by atoms with E-state index in [4.69, 9.17) is 4.74 Å². The van der Waals surface area contributed by atoms with Crippen LogP contribution in [0.4, 0.5) is 0 Å². The topological polar surface area (TPSA) is 69.4 Å². The van der Waals surface area contributed by atoms with Crippen LogP contribution in [0.2, 0.25) is 0 Å². The molecule has 0 spiro atoms. The Morgan fingerprint density at radius 3 is 2.81 bits per heavy atom. The SMILES string of the molecule is CCOC(=O)C(CC(C)C)c1nn2c(C3CC3)nnc2s1. The van der Waals surface area contributed by atoms with Gasteiger partial charge in [-0.15, -0.1) is 10.2 Å². The minimum Gasteiger partial charge on any atom is -0.465 e. The van der Waals surface area contributed by atoms with Gasteiger partial charge >= 0.3 is 5.97 Å². The molecule has 6 nitrogen and oxygen atoms in total. The molecule has 1 unspecified atom stereocenters. The lowest BCUT2D eigenvalue weighted by molar-refractivity contribution is -0.145. The maximum atomic E-state index is 12.2. The van der Waals surface area contributed by atoms with Crippen molar-refractivity contribution in [3.8, 4) is 0 Å². The van der Waals surface area contributed by atoms with Gasteiger partial charge in [0.1, 0.15) is 10.9 Å². The molecule has 1 aliphatic rings. The van der Waals surface area contributed by atoms with Crippen LogP contribution in [0.15, 0.2) is 0 Å². The van der Waals surface area contributed by atoms with Crippen molar-refractivity contribution >= 4 is 22.3 Å². The molecule has 0 radical (unpaired) electrons. The third-order valence-electron chi connectivity index (χ3n) is 3.55. The molecule has 21 heavy (non-hydrogen) atoms. The van der Waals surface area contributed by atoms with Crippen molar-refractivity contribution in [1.82, 2.24) is 19.8 Å². The molecule has 7 heteroatoms. The molecule has 0 bridgehead atoms. The van der Waals surface area contributed by atoms with E-state index in [-0.39, 0.29) is 11.9 Å². The number of aromatic nitrogens is 4. The van der Waals surface area contributed by atoms with Crippen molar-refractivity contribution in [3.05, 3.63) is 10.8 Å². The highest BCUT2D eigenvalue weighted by Crippen LogP contribution is 2.40. The van der Waals surface area contributed by atoms with Crippen molar-refractivity contribution < 1.29 is 9.53 Å². The standard InChI is InChI=1S/C14H20N4O2S/c1-4-20-13(19)10(7-8(2)3)12-17-18-11(9-5-6-9)15-16-14(18)21-12/h8-10H,4-7H2,1-3H3. The van der Waals surface area contributed by atoms with Crippen molar-refractivity contribution in [2.75, 3.05) is 6.61 Å². The van der Waals surface area contributed by atoms with Gasteiger partial charge in [0.05, 0.1) is 6.61 Å². The predicted octanol–water partition coefficient (Wildman–Crippen LogP) is 2.76. The van der Waals surface area contributed by atoms with Gasteiger partial charge in [0.25, 0.3) is 0 Å². The normalized spacial score (nSPS) is 16.6. The summed E-state index contributed by atoms with van der Waals surface area (Å²) in [5, 5.41) is 13.8. The van der Waals surface area contributed by atoms with Gasteiger partial charge in [0, 0.05) is 5.92 Å². The maximum absolute atomic E-state index is 12.2. The Morgan fingerprint density at radius 1 is 1.43 bits per heavy atom. The van der Waals surface area contributed by atoms with Crippen LogP contribution in [0, 0.1) is 5.92 Å².